The minimum absolute atomic E-state index is 0.0931. The number of carbonyl (C=O) groups is 1. The molecule has 23 heavy (non-hydrogen) atoms. The van der Waals surface area contributed by atoms with Gasteiger partial charge in [0.05, 0.1) is 0 Å². The Morgan fingerprint density at radius 2 is 1.57 bits per heavy atom. The summed E-state index contributed by atoms with van der Waals surface area (Å²) < 4.78 is 10.6. The number of amides is 1. The molecule has 130 valence electrons. The van der Waals surface area contributed by atoms with E-state index in [0.717, 1.165) is 38.0 Å². The Hall–Kier alpha value is -1.39. The van der Waals surface area contributed by atoms with Crippen LogP contribution in [0.1, 0.15) is 50.5 Å². The molecule has 0 fully saturated rings. The van der Waals surface area contributed by atoms with Crippen LogP contribution >= 0.6 is 0 Å². The van der Waals surface area contributed by atoms with E-state index in [9.17, 15) is 4.79 Å². The second-order valence-electron chi connectivity index (χ2n) is 5.74. The highest BCUT2D eigenvalue weighted by atomic mass is 16.5. The van der Waals surface area contributed by atoms with Crippen molar-refractivity contribution in [3.05, 3.63) is 35.9 Å². The van der Waals surface area contributed by atoms with Crippen LogP contribution in [0.3, 0.4) is 0 Å². The van der Waals surface area contributed by atoms with Crippen molar-refractivity contribution < 1.29 is 14.3 Å². The molecule has 1 N–H and O–H groups in total. The Kier molecular flexibility index (Phi) is 12.2. The summed E-state index contributed by atoms with van der Waals surface area (Å²) in [6, 6.07) is 9.96. The van der Waals surface area contributed by atoms with Gasteiger partial charge in [-0.3, -0.25) is 4.79 Å². The van der Waals surface area contributed by atoms with Crippen molar-refractivity contribution in [1.29, 1.82) is 0 Å². The first-order chi connectivity index (χ1) is 11.3. The maximum atomic E-state index is 11.7. The van der Waals surface area contributed by atoms with Crippen molar-refractivity contribution in [1.82, 2.24) is 5.32 Å². The molecule has 0 unspecified atom stereocenters. The van der Waals surface area contributed by atoms with Gasteiger partial charge in [-0.2, -0.15) is 0 Å². The second kappa shape index (κ2) is 14.2. The molecule has 1 amide bonds. The molecule has 0 aliphatic rings. The molecule has 0 radical (unpaired) electrons. The normalized spacial score (nSPS) is 10.7. The van der Waals surface area contributed by atoms with Gasteiger partial charge < -0.3 is 14.8 Å². The first-order valence-electron chi connectivity index (χ1n) is 8.70. The molecule has 0 saturated heterocycles. The average molecular weight is 321 g/mol. The van der Waals surface area contributed by atoms with E-state index >= 15 is 0 Å². The molecule has 0 atom stereocenters. The van der Waals surface area contributed by atoms with E-state index in [-0.39, 0.29) is 5.91 Å². The molecule has 1 rings (SSSR count). The third-order valence-corrected chi connectivity index (χ3v) is 3.66. The van der Waals surface area contributed by atoms with Gasteiger partial charge in [-0.25, -0.2) is 0 Å². The summed E-state index contributed by atoms with van der Waals surface area (Å²) in [7, 11) is 1.75. The number of rotatable bonds is 14. The van der Waals surface area contributed by atoms with Crippen molar-refractivity contribution in [3.8, 4) is 0 Å². The Morgan fingerprint density at radius 1 is 0.913 bits per heavy atom. The molecule has 0 heterocycles. The largest absolute Gasteiger partial charge is 0.385 e. The minimum Gasteiger partial charge on any atom is -0.385 e. The molecule has 0 aromatic heterocycles. The van der Waals surface area contributed by atoms with Gasteiger partial charge in [0.1, 0.15) is 0 Å². The fourth-order valence-corrected chi connectivity index (χ4v) is 2.30. The molecule has 1 aromatic carbocycles. The highest BCUT2D eigenvalue weighted by Crippen LogP contribution is 2.04. The zero-order valence-electron chi connectivity index (χ0n) is 14.4. The van der Waals surface area contributed by atoms with Crippen molar-refractivity contribution in [2.24, 2.45) is 0 Å². The highest BCUT2D eigenvalue weighted by molar-refractivity contribution is 5.75. The van der Waals surface area contributed by atoms with Crippen LogP contribution in [0.2, 0.25) is 0 Å². The van der Waals surface area contributed by atoms with Crippen LogP contribution in [0.5, 0.6) is 0 Å². The van der Waals surface area contributed by atoms with Gasteiger partial charge in [0.15, 0.2) is 0 Å². The molecular weight excluding hydrogens is 290 g/mol. The van der Waals surface area contributed by atoms with Crippen LogP contribution in [-0.2, 0) is 20.8 Å². The highest BCUT2D eigenvalue weighted by Gasteiger charge is 2.01. The molecule has 0 aliphatic carbocycles. The topological polar surface area (TPSA) is 47.6 Å². The molecule has 0 saturated carbocycles. The molecular formula is C19H31NO3. The van der Waals surface area contributed by atoms with Gasteiger partial charge >= 0.3 is 0 Å². The van der Waals surface area contributed by atoms with Gasteiger partial charge in [-0.05, 0) is 24.8 Å². The van der Waals surface area contributed by atoms with Gasteiger partial charge in [0, 0.05) is 39.9 Å². The Bertz CT molecular complexity index is 395. The van der Waals surface area contributed by atoms with E-state index in [1.165, 1.54) is 19.3 Å². The average Bonchev–Trinajstić information content (AvgIpc) is 2.59. The molecule has 4 heteroatoms. The van der Waals surface area contributed by atoms with E-state index in [1.807, 2.05) is 30.3 Å². The van der Waals surface area contributed by atoms with Gasteiger partial charge in [-0.15, -0.1) is 0 Å². The third-order valence-electron chi connectivity index (χ3n) is 3.66. The molecule has 1 aromatic rings. The molecule has 4 nitrogen and oxygen atoms in total. The van der Waals surface area contributed by atoms with E-state index in [2.05, 4.69) is 5.32 Å². The number of methoxy groups -OCH3 is 1. The summed E-state index contributed by atoms with van der Waals surface area (Å²) in [6.07, 6.45) is 7.26. The quantitative estimate of drug-likeness (QED) is 0.532. The van der Waals surface area contributed by atoms with Crippen molar-refractivity contribution in [2.75, 3.05) is 26.9 Å². The second-order valence-corrected chi connectivity index (χ2v) is 5.74. The van der Waals surface area contributed by atoms with Crippen LogP contribution in [0.4, 0.5) is 0 Å². The number of hydrogen-bond acceptors (Lipinski definition) is 3. The Labute approximate surface area is 140 Å². The standard InChI is InChI=1S/C19H31NO3/c1-22-14-8-3-2-4-9-15-23-16-10-13-19(21)20-17-18-11-6-5-7-12-18/h5-7,11-12H,2-4,8-10,13-17H2,1H3,(H,20,21). The molecule has 0 bridgehead atoms. The summed E-state index contributed by atoms with van der Waals surface area (Å²) in [5.74, 6) is 0.0931. The maximum absolute atomic E-state index is 11.7. The van der Waals surface area contributed by atoms with Crippen LogP contribution in [0.25, 0.3) is 0 Å². The summed E-state index contributed by atoms with van der Waals surface area (Å²) >= 11 is 0. The fraction of sp³-hybridized carbons (Fsp3) is 0.632. The number of unbranched alkanes of at least 4 members (excludes halogenated alkanes) is 4. The lowest BCUT2D eigenvalue weighted by Gasteiger charge is -2.06. The van der Waals surface area contributed by atoms with Gasteiger partial charge in [-0.1, -0.05) is 49.6 Å². The number of ether oxygens (including phenoxy) is 2. The fourth-order valence-electron chi connectivity index (χ4n) is 2.30. The summed E-state index contributed by atoms with van der Waals surface area (Å²) in [5, 5.41) is 2.93. The van der Waals surface area contributed by atoms with Crippen LogP contribution in [0.15, 0.2) is 30.3 Å². The summed E-state index contributed by atoms with van der Waals surface area (Å²) in [6.45, 7) is 2.94. The third kappa shape index (κ3) is 11.8. The lowest BCUT2D eigenvalue weighted by atomic mass is 10.1. The van der Waals surface area contributed by atoms with Crippen LogP contribution < -0.4 is 5.32 Å². The number of carbonyl (C=O) groups excluding carboxylic acids is 1. The summed E-state index contributed by atoms with van der Waals surface area (Å²) in [5.41, 5.74) is 1.13. The van der Waals surface area contributed by atoms with Gasteiger partial charge in [0.2, 0.25) is 5.91 Å². The number of hydrogen-bond donors (Lipinski definition) is 1. The van der Waals surface area contributed by atoms with Crippen molar-refractivity contribution >= 4 is 5.91 Å². The lowest BCUT2D eigenvalue weighted by Crippen LogP contribution is -2.22. The Balaban J connectivity index is 1.84. The van der Waals surface area contributed by atoms with Gasteiger partial charge in [0.25, 0.3) is 0 Å². The first kappa shape index (κ1) is 19.7. The Morgan fingerprint density at radius 3 is 2.30 bits per heavy atom. The number of nitrogens with one attached hydrogen (secondary N) is 1. The smallest absolute Gasteiger partial charge is 0.220 e. The maximum Gasteiger partial charge on any atom is 0.220 e. The van der Waals surface area contributed by atoms with Crippen molar-refractivity contribution in [3.63, 3.8) is 0 Å². The van der Waals surface area contributed by atoms with Crippen molar-refractivity contribution in [2.45, 2.75) is 51.5 Å². The lowest BCUT2D eigenvalue weighted by molar-refractivity contribution is -0.121. The van der Waals surface area contributed by atoms with Crippen LogP contribution in [-0.4, -0.2) is 32.8 Å². The van der Waals surface area contributed by atoms with E-state index in [4.69, 9.17) is 9.47 Å². The van der Waals surface area contributed by atoms with E-state index in [0.29, 0.717) is 19.6 Å². The zero-order valence-corrected chi connectivity index (χ0v) is 14.4. The summed E-state index contributed by atoms with van der Waals surface area (Å²) in [4.78, 5) is 11.7. The zero-order chi connectivity index (χ0) is 16.6. The number of benzene rings is 1. The molecule has 0 spiro atoms. The van der Waals surface area contributed by atoms with Crippen LogP contribution in [0, 0.1) is 0 Å². The van der Waals surface area contributed by atoms with E-state index in [1.54, 1.807) is 7.11 Å². The predicted molar refractivity (Wildman–Crippen MR) is 93.3 cm³/mol. The monoisotopic (exact) mass is 321 g/mol. The van der Waals surface area contributed by atoms with E-state index < -0.39 is 0 Å². The molecule has 0 aliphatic heterocycles. The predicted octanol–water partition coefficient (Wildman–Crippen LogP) is 3.70. The SMILES string of the molecule is COCCCCCCCOCCCC(=O)NCc1ccccc1. The minimum atomic E-state index is 0.0931. The first-order valence-corrected chi connectivity index (χ1v) is 8.70.